The summed E-state index contributed by atoms with van der Waals surface area (Å²) in [4.78, 5) is 2.27. The predicted molar refractivity (Wildman–Crippen MR) is 101 cm³/mol. The zero-order valence-electron chi connectivity index (χ0n) is 14.4. The zero-order valence-corrected chi connectivity index (χ0v) is 15.3. The highest BCUT2D eigenvalue weighted by atomic mass is 35.5. The zero-order chi connectivity index (χ0) is 15.9. The van der Waals surface area contributed by atoms with Gasteiger partial charge in [-0.25, -0.2) is 0 Å². The minimum Gasteiger partial charge on any atom is -0.298 e. The maximum Gasteiger partial charge on any atom is 0.0240 e. The van der Waals surface area contributed by atoms with Crippen molar-refractivity contribution in [2.24, 2.45) is 5.41 Å². The Morgan fingerprint density at radius 3 is 2.50 bits per heavy atom. The molecule has 120 valence electrons. The van der Waals surface area contributed by atoms with Crippen molar-refractivity contribution in [3.63, 3.8) is 0 Å². The van der Waals surface area contributed by atoms with E-state index in [2.05, 4.69) is 88.4 Å². The van der Waals surface area contributed by atoms with Crippen LogP contribution in [-0.4, -0.2) is 18.5 Å². The molecular formula is C20H28ClN. The third-order valence-electron chi connectivity index (χ3n) is 2.98. The Bertz CT molecular complexity index is 567. The fraction of sp³-hybridized carbons (Fsp3) is 0.400. The third kappa shape index (κ3) is 8.08. The van der Waals surface area contributed by atoms with Crippen molar-refractivity contribution in [3.8, 4) is 11.8 Å². The van der Waals surface area contributed by atoms with Gasteiger partial charge >= 0.3 is 0 Å². The first kappa shape index (κ1) is 20.5. The summed E-state index contributed by atoms with van der Waals surface area (Å²) in [5, 5.41) is 0. The molecule has 0 spiro atoms. The van der Waals surface area contributed by atoms with Gasteiger partial charge in [-0.1, -0.05) is 54.3 Å². The van der Waals surface area contributed by atoms with E-state index in [1.807, 2.05) is 6.08 Å². The minimum absolute atomic E-state index is 0. The standard InChI is InChI=1S/C20H27N.ClH/c1-17(2)19-13-9-8-12-18(19)16-21(6)15-11-7-10-14-20(3,4)5;/h7-9,11-13H,1,15-16H2,2-6H3;1H/b11-7+;. The molecule has 1 nitrogen and oxygen atoms in total. The van der Waals surface area contributed by atoms with Gasteiger partial charge in [0.15, 0.2) is 0 Å². The molecule has 22 heavy (non-hydrogen) atoms. The summed E-state index contributed by atoms with van der Waals surface area (Å²) < 4.78 is 0. The van der Waals surface area contributed by atoms with E-state index in [1.165, 1.54) is 11.1 Å². The normalized spacial score (nSPS) is 11.0. The Morgan fingerprint density at radius 2 is 1.91 bits per heavy atom. The average Bonchev–Trinajstić information content (AvgIpc) is 2.37. The van der Waals surface area contributed by atoms with E-state index in [-0.39, 0.29) is 17.8 Å². The number of hydrogen-bond acceptors (Lipinski definition) is 1. The Balaban J connectivity index is 0.00000441. The van der Waals surface area contributed by atoms with E-state index in [0.717, 1.165) is 18.7 Å². The lowest BCUT2D eigenvalue weighted by Crippen LogP contribution is -2.18. The second-order valence-electron chi connectivity index (χ2n) is 6.56. The molecule has 0 amide bonds. The second-order valence-corrected chi connectivity index (χ2v) is 6.56. The molecular weight excluding hydrogens is 290 g/mol. The van der Waals surface area contributed by atoms with Gasteiger partial charge in [-0.05, 0) is 51.9 Å². The van der Waals surface area contributed by atoms with Gasteiger partial charge in [0.25, 0.3) is 0 Å². The first-order valence-electron chi connectivity index (χ1n) is 7.39. The molecule has 0 aromatic heterocycles. The van der Waals surface area contributed by atoms with Crippen LogP contribution in [0.3, 0.4) is 0 Å². The lowest BCUT2D eigenvalue weighted by molar-refractivity contribution is 0.363. The number of likely N-dealkylation sites (N-methyl/N-ethyl adjacent to an activating group) is 1. The van der Waals surface area contributed by atoms with Crippen molar-refractivity contribution in [3.05, 3.63) is 54.1 Å². The molecule has 2 heteroatoms. The average molecular weight is 318 g/mol. The van der Waals surface area contributed by atoms with E-state index in [0.29, 0.717) is 0 Å². The topological polar surface area (TPSA) is 3.24 Å². The molecule has 0 fully saturated rings. The van der Waals surface area contributed by atoms with Gasteiger partial charge in [-0.2, -0.15) is 0 Å². The van der Waals surface area contributed by atoms with Crippen LogP contribution < -0.4 is 0 Å². The van der Waals surface area contributed by atoms with Crippen molar-refractivity contribution < 1.29 is 0 Å². The smallest absolute Gasteiger partial charge is 0.0240 e. The van der Waals surface area contributed by atoms with Crippen LogP contribution >= 0.6 is 12.4 Å². The summed E-state index contributed by atoms with van der Waals surface area (Å²) in [6.07, 6.45) is 4.06. The summed E-state index contributed by atoms with van der Waals surface area (Å²) >= 11 is 0. The lowest BCUT2D eigenvalue weighted by atomic mass is 9.98. The van der Waals surface area contributed by atoms with Gasteiger partial charge in [0.05, 0.1) is 0 Å². The summed E-state index contributed by atoms with van der Waals surface area (Å²) in [5.41, 5.74) is 3.75. The Hall–Kier alpha value is -1.49. The molecule has 1 aromatic carbocycles. The van der Waals surface area contributed by atoms with E-state index in [4.69, 9.17) is 0 Å². The molecule has 0 saturated carbocycles. The highest BCUT2D eigenvalue weighted by Gasteiger charge is 2.05. The molecule has 0 heterocycles. The first-order chi connectivity index (χ1) is 9.79. The largest absolute Gasteiger partial charge is 0.298 e. The van der Waals surface area contributed by atoms with Crippen LogP contribution in [0.4, 0.5) is 0 Å². The maximum absolute atomic E-state index is 4.05. The van der Waals surface area contributed by atoms with Crippen LogP contribution in [0.2, 0.25) is 0 Å². The molecule has 1 aromatic rings. The minimum atomic E-state index is 0. The van der Waals surface area contributed by atoms with Crippen molar-refractivity contribution in [1.29, 1.82) is 0 Å². The Morgan fingerprint density at radius 1 is 1.27 bits per heavy atom. The highest BCUT2D eigenvalue weighted by Crippen LogP contribution is 2.18. The summed E-state index contributed by atoms with van der Waals surface area (Å²) in [6.45, 7) is 14.3. The van der Waals surface area contributed by atoms with E-state index in [9.17, 15) is 0 Å². The number of hydrogen-bond donors (Lipinski definition) is 0. The molecule has 0 radical (unpaired) electrons. The van der Waals surface area contributed by atoms with Gasteiger partial charge in [-0.15, -0.1) is 12.4 Å². The third-order valence-corrected chi connectivity index (χ3v) is 2.98. The van der Waals surface area contributed by atoms with Crippen molar-refractivity contribution >= 4 is 18.0 Å². The molecule has 1 rings (SSSR count). The van der Waals surface area contributed by atoms with Crippen LogP contribution in [0.15, 0.2) is 43.0 Å². The van der Waals surface area contributed by atoms with Crippen molar-refractivity contribution in [2.75, 3.05) is 13.6 Å². The van der Waals surface area contributed by atoms with E-state index < -0.39 is 0 Å². The predicted octanol–water partition coefficient (Wildman–Crippen LogP) is 5.18. The van der Waals surface area contributed by atoms with Crippen LogP contribution in [0.1, 0.15) is 38.8 Å². The number of rotatable bonds is 5. The molecule has 0 atom stereocenters. The Kier molecular flexibility index (Phi) is 8.87. The van der Waals surface area contributed by atoms with E-state index >= 15 is 0 Å². The number of halogens is 1. The quantitative estimate of drug-likeness (QED) is 0.676. The van der Waals surface area contributed by atoms with Crippen LogP contribution in [0, 0.1) is 17.3 Å². The van der Waals surface area contributed by atoms with Gasteiger partial charge in [0, 0.05) is 18.5 Å². The van der Waals surface area contributed by atoms with Crippen molar-refractivity contribution in [2.45, 2.75) is 34.2 Å². The summed E-state index contributed by atoms with van der Waals surface area (Å²) in [7, 11) is 2.12. The molecule has 0 N–H and O–H groups in total. The summed E-state index contributed by atoms with van der Waals surface area (Å²) in [6, 6.07) is 8.45. The monoisotopic (exact) mass is 317 g/mol. The van der Waals surface area contributed by atoms with Crippen LogP contribution in [0.5, 0.6) is 0 Å². The lowest BCUT2D eigenvalue weighted by Gasteiger charge is -2.17. The number of allylic oxidation sites excluding steroid dienone is 2. The number of benzene rings is 1. The van der Waals surface area contributed by atoms with Crippen LogP contribution in [-0.2, 0) is 6.54 Å². The number of nitrogens with zero attached hydrogens (tertiary/aromatic N) is 1. The fourth-order valence-corrected chi connectivity index (χ4v) is 1.98. The summed E-state index contributed by atoms with van der Waals surface area (Å²) in [5.74, 6) is 6.31. The molecule has 0 aliphatic carbocycles. The molecule has 0 aliphatic rings. The van der Waals surface area contributed by atoms with Gasteiger partial charge in [-0.3, -0.25) is 4.90 Å². The van der Waals surface area contributed by atoms with Gasteiger partial charge < -0.3 is 0 Å². The van der Waals surface area contributed by atoms with Gasteiger partial charge in [0.2, 0.25) is 0 Å². The molecule has 0 aliphatic heterocycles. The van der Waals surface area contributed by atoms with Gasteiger partial charge in [0.1, 0.15) is 0 Å². The molecule has 0 unspecified atom stereocenters. The fourth-order valence-electron chi connectivity index (χ4n) is 1.98. The second kappa shape index (κ2) is 9.51. The SMILES string of the molecule is C=C(C)c1ccccc1CN(C)C/C=C/C#CC(C)(C)C.Cl. The Labute approximate surface area is 142 Å². The van der Waals surface area contributed by atoms with Crippen molar-refractivity contribution in [1.82, 2.24) is 4.90 Å². The maximum atomic E-state index is 4.05. The van der Waals surface area contributed by atoms with E-state index in [1.54, 1.807) is 0 Å². The highest BCUT2D eigenvalue weighted by molar-refractivity contribution is 5.85. The first-order valence-corrected chi connectivity index (χ1v) is 7.39. The molecule has 0 saturated heterocycles. The molecule has 0 bridgehead atoms. The van der Waals surface area contributed by atoms with Crippen LogP contribution in [0.25, 0.3) is 5.57 Å².